The van der Waals surface area contributed by atoms with E-state index in [2.05, 4.69) is 26.5 Å². The summed E-state index contributed by atoms with van der Waals surface area (Å²) in [6.07, 6.45) is 3.56. The number of carboxylic acid groups (broad SMARTS) is 1. The number of aliphatic hydroxyl groups excluding tert-OH is 1. The largest absolute Gasteiger partial charge is 0.481 e. The normalized spacial score (nSPS) is 20.9. The lowest BCUT2D eigenvalue weighted by atomic mass is 9.81. The molecule has 1 fully saturated rings. The van der Waals surface area contributed by atoms with Gasteiger partial charge in [-0.15, -0.1) is 0 Å². The van der Waals surface area contributed by atoms with Crippen molar-refractivity contribution in [1.29, 1.82) is 0 Å². The highest BCUT2D eigenvalue weighted by Crippen LogP contribution is 2.32. The van der Waals surface area contributed by atoms with Crippen LogP contribution in [0.2, 0.25) is 0 Å². The number of carbonyl (C=O) groups is 6. The number of rotatable bonds is 11. The van der Waals surface area contributed by atoms with Gasteiger partial charge in [0.2, 0.25) is 17.7 Å². The first-order valence-corrected chi connectivity index (χ1v) is 13.9. The number of amides is 6. The minimum Gasteiger partial charge on any atom is -0.481 e. The van der Waals surface area contributed by atoms with Crippen LogP contribution in [0.1, 0.15) is 32.1 Å². The molecule has 0 bridgehead atoms. The number of hydrogen-bond acceptors (Lipinski definition) is 9. The Bertz CT molecular complexity index is 1230. The molecule has 1 aromatic carbocycles. The molecule has 2 atom stereocenters. The van der Waals surface area contributed by atoms with Crippen LogP contribution >= 0.6 is 0 Å². The summed E-state index contributed by atoms with van der Waals surface area (Å²) in [4.78, 5) is 76.0. The van der Waals surface area contributed by atoms with Gasteiger partial charge in [0.05, 0.1) is 30.4 Å². The van der Waals surface area contributed by atoms with E-state index in [4.69, 9.17) is 5.73 Å². The average molecular weight is 603 g/mol. The zero-order valence-electron chi connectivity index (χ0n) is 23.8. The van der Waals surface area contributed by atoms with E-state index in [0.29, 0.717) is 6.54 Å². The van der Waals surface area contributed by atoms with Crippen molar-refractivity contribution in [2.75, 3.05) is 43.1 Å². The molecule has 1 aliphatic heterocycles. The van der Waals surface area contributed by atoms with Crippen LogP contribution < -0.4 is 36.9 Å². The number of para-hydroxylation sites is 2. The highest BCUT2D eigenvalue weighted by atomic mass is 16.4. The molecule has 0 aromatic heterocycles. The van der Waals surface area contributed by atoms with Crippen LogP contribution in [0.3, 0.4) is 0 Å². The van der Waals surface area contributed by atoms with E-state index in [1.165, 1.54) is 11.0 Å². The van der Waals surface area contributed by atoms with Crippen molar-refractivity contribution in [2.45, 2.75) is 44.2 Å². The Hall–Kier alpha value is -4.57. The smallest absolute Gasteiger partial charge is 0.335 e. The average Bonchev–Trinajstić information content (AvgIpc) is 3.09. The predicted octanol–water partition coefficient (Wildman–Crippen LogP) is -1.52. The summed E-state index contributed by atoms with van der Waals surface area (Å²) in [5.74, 6) is -3.10. The van der Waals surface area contributed by atoms with Gasteiger partial charge in [0, 0.05) is 25.7 Å². The molecule has 0 radical (unpaired) electrons. The minimum atomic E-state index is -1.25. The van der Waals surface area contributed by atoms with Crippen LogP contribution in [0.4, 0.5) is 16.2 Å². The second-order valence-electron chi connectivity index (χ2n) is 10.4. The molecule has 1 saturated carbocycles. The third-order valence-electron chi connectivity index (χ3n) is 7.34. The van der Waals surface area contributed by atoms with Crippen LogP contribution in [0.5, 0.6) is 0 Å². The van der Waals surface area contributed by atoms with Gasteiger partial charge in [0.25, 0.3) is 5.91 Å². The summed E-state index contributed by atoms with van der Waals surface area (Å²) < 4.78 is 0. The minimum absolute atomic E-state index is 0.0184. The quantitative estimate of drug-likeness (QED) is 0.115. The number of benzene rings is 1. The first-order valence-electron chi connectivity index (χ1n) is 13.9. The van der Waals surface area contributed by atoms with Gasteiger partial charge in [-0.3, -0.25) is 28.9 Å². The van der Waals surface area contributed by atoms with Gasteiger partial charge in [-0.2, -0.15) is 5.10 Å². The molecule has 16 heteroatoms. The van der Waals surface area contributed by atoms with Crippen LogP contribution in [-0.4, -0.2) is 97.4 Å². The number of anilines is 2. The van der Waals surface area contributed by atoms with E-state index < -0.39 is 61.4 Å². The summed E-state index contributed by atoms with van der Waals surface area (Å²) in [5, 5.41) is 30.2. The van der Waals surface area contributed by atoms with Gasteiger partial charge in [-0.05, 0) is 43.7 Å². The van der Waals surface area contributed by atoms with E-state index in [0.717, 1.165) is 36.8 Å². The number of fused-ring (bicyclic) bond motifs is 1. The maximum atomic E-state index is 13.1. The molecule has 6 amide bonds. The Kier molecular flexibility index (Phi) is 11.9. The zero-order chi connectivity index (χ0) is 31.5. The number of urea groups is 1. The van der Waals surface area contributed by atoms with E-state index in [9.17, 15) is 39.0 Å². The van der Waals surface area contributed by atoms with E-state index in [-0.39, 0.29) is 35.7 Å². The summed E-state index contributed by atoms with van der Waals surface area (Å²) in [7, 11) is 1.61. The number of hydrazone groups is 1. The Morgan fingerprint density at radius 2 is 1.79 bits per heavy atom. The number of nitrogens with zero attached hydrogens (tertiary/aromatic N) is 3. The van der Waals surface area contributed by atoms with Gasteiger partial charge < -0.3 is 36.8 Å². The lowest BCUT2D eigenvalue weighted by Crippen LogP contribution is -2.51. The number of aliphatic carboxylic acids is 1. The van der Waals surface area contributed by atoms with Crippen LogP contribution in [0, 0.1) is 11.8 Å². The van der Waals surface area contributed by atoms with Crippen molar-refractivity contribution in [3.05, 3.63) is 24.3 Å². The molecule has 0 spiro atoms. The lowest BCUT2D eigenvalue weighted by molar-refractivity contribution is -0.137. The van der Waals surface area contributed by atoms with Crippen molar-refractivity contribution < 1.29 is 39.0 Å². The fourth-order valence-electron chi connectivity index (χ4n) is 5.12. The molecule has 0 unspecified atom stereocenters. The number of aliphatic hydroxyl groups is 1. The molecule has 0 saturated heterocycles. The van der Waals surface area contributed by atoms with Crippen molar-refractivity contribution in [1.82, 2.24) is 21.4 Å². The van der Waals surface area contributed by atoms with Crippen molar-refractivity contribution >= 4 is 53.2 Å². The van der Waals surface area contributed by atoms with Gasteiger partial charge in [0.15, 0.2) is 0 Å². The van der Waals surface area contributed by atoms with Crippen LogP contribution in [0.15, 0.2) is 29.4 Å². The third kappa shape index (κ3) is 9.21. The lowest BCUT2D eigenvalue weighted by Gasteiger charge is -2.27. The molecular weight excluding hydrogens is 564 g/mol. The molecule has 3 rings (SSSR count). The van der Waals surface area contributed by atoms with Crippen LogP contribution in [-0.2, 0) is 24.0 Å². The summed E-state index contributed by atoms with van der Waals surface area (Å²) >= 11 is 0. The Morgan fingerprint density at radius 3 is 2.42 bits per heavy atom. The number of carboxylic acids is 1. The molecule has 1 aliphatic carbocycles. The Balaban J connectivity index is 1.58. The highest BCUT2D eigenvalue weighted by Gasteiger charge is 2.35. The second-order valence-corrected chi connectivity index (χ2v) is 10.4. The molecule has 2 aliphatic rings. The van der Waals surface area contributed by atoms with Gasteiger partial charge >= 0.3 is 12.0 Å². The summed E-state index contributed by atoms with van der Waals surface area (Å²) in [6.45, 7) is -1.19. The summed E-state index contributed by atoms with van der Waals surface area (Å²) in [5.41, 5.74) is 8.73. The Labute approximate surface area is 248 Å². The third-order valence-corrected chi connectivity index (χ3v) is 7.34. The molecule has 43 heavy (non-hydrogen) atoms. The number of nitrogens with two attached hydrogens (primary N) is 1. The number of carbonyl (C=O) groups excluding carboxylic acids is 5. The summed E-state index contributed by atoms with van der Waals surface area (Å²) in [6, 6.07) is 3.34. The van der Waals surface area contributed by atoms with E-state index >= 15 is 0 Å². The molecule has 234 valence electrons. The van der Waals surface area contributed by atoms with Crippen molar-refractivity contribution in [3.8, 4) is 0 Å². The molecule has 16 nitrogen and oxygen atoms in total. The molecule has 1 aromatic rings. The monoisotopic (exact) mass is 602 g/mol. The van der Waals surface area contributed by atoms with Crippen molar-refractivity contribution in [3.63, 3.8) is 0 Å². The highest BCUT2D eigenvalue weighted by molar-refractivity contribution is 6.09. The molecule has 1 heterocycles. The van der Waals surface area contributed by atoms with E-state index in [1.807, 2.05) is 0 Å². The molecular formula is C27H38N8O8. The van der Waals surface area contributed by atoms with Gasteiger partial charge in [0.1, 0.15) is 19.2 Å². The number of hydrogen-bond donors (Lipinski definition) is 7. The van der Waals surface area contributed by atoms with Gasteiger partial charge in [-0.1, -0.05) is 12.1 Å². The SMILES string of the molecule is CNC(=O)C1CCC(CNC(=O)N/N=C/[C@H](CC(=O)O)NC(=O)CN2C(=O)[C@@H](N)CN(C(=O)CO)c3ccccc32)CC1. The zero-order valence-corrected chi connectivity index (χ0v) is 23.8. The number of nitrogens with one attached hydrogen (secondary N) is 4. The second kappa shape index (κ2) is 15.6. The molecule has 8 N–H and O–H groups in total. The first kappa shape index (κ1) is 32.9. The standard InChI is InChI=1S/C27H38N8O8/c1-29-25(41)17-8-6-16(7-9-17)11-30-27(43)33-31-12-18(10-24(39)40)32-22(37)14-35-21-5-3-2-4-20(21)34(23(38)15-36)13-19(28)26(35)42/h2-5,12,16-19,36H,6-11,13-15,28H2,1H3,(H,29,41)(H,32,37)(H,39,40)(H2,30,33,43)/b31-12+/t16?,17?,18-,19-/m0/s1. The van der Waals surface area contributed by atoms with Gasteiger partial charge in [-0.25, -0.2) is 10.2 Å². The maximum absolute atomic E-state index is 13.1. The predicted molar refractivity (Wildman–Crippen MR) is 155 cm³/mol. The van der Waals surface area contributed by atoms with Crippen molar-refractivity contribution in [2.24, 2.45) is 22.7 Å². The fourth-order valence-corrected chi connectivity index (χ4v) is 5.12. The van der Waals surface area contributed by atoms with E-state index in [1.54, 1.807) is 25.2 Å². The van der Waals surface area contributed by atoms with Crippen LogP contribution in [0.25, 0.3) is 0 Å². The Morgan fingerprint density at radius 1 is 1.12 bits per heavy atom. The fraction of sp³-hybridized carbons (Fsp3) is 0.519. The maximum Gasteiger partial charge on any atom is 0.335 e. The topological polar surface area (TPSA) is 236 Å². The first-order chi connectivity index (χ1) is 20.5.